The molecule has 1 N–H and O–H groups in total. The Hall–Kier alpha value is -2.10. The van der Waals surface area contributed by atoms with Gasteiger partial charge in [0.25, 0.3) is 5.91 Å². The Kier molecular flexibility index (Phi) is 3.35. The molecule has 22 heavy (non-hydrogen) atoms. The van der Waals surface area contributed by atoms with Crippen molar-refractivity contribution >= 4 is 29.3 Å². The van der Waals surface area contributed by atoms with E-state index < -0.39 is 23.7 Å². The number of rotatable bonds is 1. The van der Waals surface area contributed by atoms with Gasteiger partial charge in [-0.2, -0.15) is 5.26 Å². The summed E-state index contributed by atoms with van der Waals surface area (Å²) in [4.78, 5) is 25.8. The summed E-state index contributed by atoms with van der Waals surface area (Å²) < 4.78 is 5.23. The molecule has 6 nitrogen and oxygen atoms in total. The minimum Gasteiger partial charge on any atom is -0.429 e. The van der Waals surface area contributed by atoms with E-state index in [0.717, 1.165) is 4.90 Å². The van der Waals surface area contributed by atoms with Crippen LogP contribution in [-0.4, -0.2) is 28.8 Å². The number of amides is 2. The summed E-state index contributed by atoms with van der Waals surface area (Å²) in [6, 6.07) is 4.87. The van der Waals surface area contributed by atoms with Gasteiger partial charge in [-0.25, -0.2) is 9.69 Å². The van der Waals surface area contributed by atoms with Crippen LogP contribution in [0.1, 0.15) is 30.4 Å². The molecule has 2 amide bonds. The van der Waals surface area contributed by atoms with Crippen LogP contribution in [0.4, 0.5) is 10.5 Å². The molecule has 1 aromatic rings. The summed E-state index contributed by atoms with van der Waals surface area (Å²) in [7, 11) is 0. The molecule has 1 spiro atoms. The number of nitriles is 1. The van der Waals surface area contributed by atoms with E-state index >= 15 is 0 Å². The van der Waals surface area contributed by atoms with Gasteiger partial charge in [0.2, 0.25) is 5.60 Å². The van der Waals surface area contributed by atoms with Crippen LogP contribution < -0.4 is 4.90 Å². The third-order valence-electron chi connectivity index (χ3n) is 4.30. The quantitative estimate of drug-likeness (QED) is 0.857. The number of aliphatic hydroxyl groups is 1. The first kappa shape index (κ1) is 14.8. The Balaban J connectivity index is 2.07. The first-order valence-electron chi connectivity index (χ1n) is 6.87. The largest absolute Gasteiger partial charge is 0.429 e. The number of hydrogen-bond acceptors (Lipinski definition) is 5. The van der Waals surface area contributed by atoms with E-state index in [1.165, 1.54) is 12.1 Å². The van der Waals surface area contributed by atoms with E-state index in [9.17, 15) is 14.7 Å². The molecule has 1 aromatic carbocycles. The third kappa shape index (κ3) is 1.83. The lowest BCUT2D eigenvalue weighted by atomic mass is 9.98. The van der Waals surface area contributed by atoms with Crippen LogP contribution in [0.25, 0.3) is 0 Å². The molecule has 3 rings (SSSR count). The molecule has 1 saturated heterocycles. The van der Waals surface area contributed by atoms with Crippen molar-refractivity contribution in [3.05, 3.63) is 28.3 Å². The smallest absolute Gasteiger partial charge is 0.422 e. The molecule has 1 heterocycles. The Bertz CT molecular complexity index is 727. The number of carbonyl (C=O) groups excluding carboxylic acids is 2. The van der Waals surface area contributed by atoms with Crippen LogP contribution in [0.5, 0.6) is 0 Å². The molecule has 114 valence electrons. The zero-order valence-corrected chi connectivity index (χ0v) is 12.6. The highest BCUT2D eigenvalue weighted by atomic mass is 35.5. The number of halogens is 1. The van der Waals surface area contributed by atoms with Gasteiger partial charge >= 0.3 is 6.09 Å². The van der Waals surface area contributed by atoms with Gasteiger partial charge in [0.05, 0.1) is 16.3 Å². The monoisotopic (exact) mass is 320 g/mol. The Labute approximate surface area is 131 Å². The summed E-state index contributed by atoms with van der Waals surface area (Å²) in [5.41, 5.74) is -0.506. The number of carbonyl (C=O) groups is 2. The first-order valence-corrected chi connectivity index (χ1v) is 7.25. The lowest BCUT2D eigenvalue weighted by Crippen LogP contribution is -2.47. The SMILES string of the molecule is Cc1c(N2C(=O)OC3(CCCC3O)C2=O)ccc(C#N)c1Cl. The van der Waals surface area contributed by atoms with Gasteiger partial charge in [-0.05, 0) is 43.9 Å². The van der Waals surface area contributed by atoms with Crippen molar-refractivity contribution in [3.8, 4) is 6.07 Å². The number of imide groups is 1. The Morgan fingerprint density at radius 1 is 1.50 bits per heavy atom. The molecule has 1 aliphatic carbocycles. The molecular weight excluding hydrogens is 308 g/mol. The Morgan fingerprint density at radius 2 is 2.23 bits per heavy atom. The van der Waals surface area contributed by atoms with Crippen molar-refractivity contribution in [2.75, 3.05) is 4.90 Å². The number of nitrogens with zero attached hydrogens (tertiary/aromatic N) is 2. The first-order chi connectivity index (χ1) is 10.4. The maximum atomic E-state index is 12.7. The van der Waals surface area contributed by atoms with Gasteiger partial charge in [-0.15, -0.1) is 0 Å². The fraction of sp³-hybridized carbons (Fsp3) is 0.400. The predicted octanol–water partition coefficient (Wildman–Crippen LogP) is 2.29. The van der Waals surface area contributed by atoms with E-state index in [-0.39, 0.29) is 16.3 Å². The second-order valence-electron chi connectivity index (χ2n) is 5.49. The normalized spacial score (nSPS) is 27.4. The molecule has 0 aromatic heterocycles. The lowest BCUT2D eigenvalue weighted by molar-refractivity contribution is -0.137. The van der Waals surface area contributed by atoms with Crippen LogP contribution in [0.3, 0.4) is 0 Å². The van der Waals surface area contributed by atoms with Crippen LogP contribution in [0, 0.1) is 18.3 Å². The van der Waals surface area contributed by atoms with Crippen LogP contribution in [0.15, 0.2) is 12.1 Å². The molecular formula is C15H13ClN2O4. The van der Waals surface area contributed by atoms with Gasteiger partial charge < -0.3 is 9.84 Å². The highest BCUT2D eigenvalue weighted by molar-refractivity contribution is 6.33. The minimum absolute atomic E-state index is 0.188. The Morgan fingerprint density at radius 3 is 2.82 bits per heavy atom. The fourth-order valence-corrected chi connectivity index (χ4v) is 3.26. The zero-order chi connectivity index (χ0) is 16.1. The molecule has 2 unspecified atom stereocenters. The molecule has 1 saturated carbocycles. The summed E-state index contributed by atoms with van der Waals surface area (Å²) in [6.45, 7) is 1.62. The van der Waals surface area contributed by atoms with Crippen molar-refractivity contribution in [2.24, 2.45) is 0 Å². The topological polar surface area (TPSA) is 90.6 Å². The zero-order valence-electron chi connectivity index (χ0n) is 11.8. The number of aliphatic hydroxyl groups excluding tert-OH is 1. The van der Waals surface area contributed by atoms with Crippen LogP contribution in [0.2, 0.25) is 5.02 Å². The number of benzene rings is 1. The average Bonchev–Trinajstić information content (AvgIpc) is 2.96. The number of anilines is 1. The van der Waals surface area contributed by atoms with Crippen molar-refractivity contribution in [1.29, 1.82) is 5.26 Å². The van der Waals surface area contributed by atoms with E-state index in [0.29, 0.717) is 24.8 Å². The molecule has 2 fully saturated rings. The van der Waals surface area contributed by atoms with Crippen molar-refractivity contribution in [1.82, 2.24) is 0 Å². The number of hydrogen-bond donors (Lipinski definition) is 1. The predicted molar refractivity (Wildman–Crippen MR) is 77.5 cm³/mol. The summed E-state index contributed by atoms with van der Waals surface area (Å²) in [6.07, 6.45) is -0.489. The lowest BCUT2D eigenvalue weighted by Gasteiger charge is -2.23. The standard InChI is InChI=1S/C15H13ClN2O4/c1-8-10(5-4-9(7-17)12(8)16)18-13(20)15(22-14(18)21)6-2-3-11(15)19/h4-5,11,19H,2-3,6H2,1H3. The van der Waals surface area contributed by atoms with Crippen LogP contribution >= 0.6 is 11.6 Å². The second-order valence-corrected chi connectivity index (χ2v) is 5.87. The van der Waals surface area contributed by atoms with E-state index in [2.05, 4.69) is 0 Å². The van der Waals surface area contributed by atoms with E-state index in [4.69, 9.17) is 21.6 Å². The van der Waals surface area contributed by atoms with Crippen LogP contribution in [-0.2, 0) is 9.53 Å². The molecule has 2 atom stereocenters. The van der Waals surface area contributed by atoms with Crippen molar-refractivity contribution in [2.45, 2.75) is 37.9 Å². The van der Waals surface area contributed by atoms with Gasteiger partial charge in [0.15, 0.2) is 0 Å². The van der Waals surface area contributed by atoms with Gasteiger partial charge in [-0.1, -0.05) is 11.6 Å². The molecule has 0 bridgehead atoms. The highest BCUT2D eigenvalue weighted by Gasteiger charge is 2.61. The second kappa shape index (κ2) is 4.97. The minimum atomic E-state index is -1.48. The molecule has 1 aliphatic heterocycles. The average molecular weight is 321 g/mol. The summed E-state index contributed by atoms with van der Waals surface area (Å²) >= 11 is 6.09. The molecule has 0 radical (unpaired) electrons. The van der Waals surface area contributed by atoms with Crippen molar-refractivity contribution in [3.63, 3.8) is 0 Å². The summed E-state index contributed by atoms with van der Waals surface area (Å²) in [5, 5.41) is 19.2. The highest BCUT2D eigenvalue weighted by Crippen LogP contribution is 2.43. The van der Waals surface area contributed by atoms with Gasteiger partial charge in [-0.3, -0.25) is 4.79 Å². The van der Waals surface area contributed by atoms with Gasteiger partial charge in [0, 0.05) is 0 Å². The number of ether oxygens (including phenoxy) is 1. The van der Waals surface area contributed by atoms with Crippen molar-refractivity contribution < 1.29 is 19.4 Å². The molecule has 7 heteroatoms. The maximum Gasteiger partial charge on any atom is 0.422 e. The summed E-state index contributed by atoms with van der Waals surface area (Å²) in [5.74, 6) is -0.577. The van der Waals surface area contributed by atoms with E-state index in [1.807, 2.05) is 6.07 Å². The third-order valence-corrected chi connectivity index (χ3v) is 4.79. The van der Waals surface area contributed by atoms with E-state index in [1.54, 1.807) is 6.92 Å². The maximum absolute atomic E-state index is 12.7. The fourth-order valence-electron chi connectivity index (χ4n) is 3.05. The molecule has 2 aliphatic rings. The van der Waals surface area contributed by atoms with Gasteiger partial charge in [0.1, 0.15) is 12.2 Å².